The molecule has 1 atom stereocenters. The van der Waals surface area contributed by atoms with Gasteiger partial charge in [0, 0.05) is 10.9 Å². The molecule has 0 radical (unpaired) electrons. The Labute approximate surface area is 116 Å². The summed E-state index contributed by atoms with van der Waals surface area (Å²) in [5, 5.41) is 0. The van der Waals surface area contributed by atoms with Crippen molar-refractivity contribution in [3.63, 3.8) is 0 Å². The van der Waals surface area contributed by atoms with Crippen molar-refractivity contribution in [1.29, 1.82) is 0 Å². The van der Waals surface area contributed by atoms with Crippen LogP contribution in [0.2, 0.25) is 0 Å². The third kappa shape index (κ3) is 3.10. The van der Waals surface area contributed by atoms with E-state index in [0.29, 0.717) is 0 Å². The van der Waals surface area contributed by atoms with Crippen LogP contribution in [0.1, 0.15) is 37.8 Å². The van der Waals surface area contributed by atoms with E-state index in [2.05, 4.69) is 43.2 Å². The van der Waals surface area contributed by atoms with Crippen molar-refractivity contribution in [1.82, 2.24) is 4.90 Å². The van der Waals surface area contributed by atoms with Crippen molar-refractivity contribution in [3.05, 3.63) is 29.3 Å². The number of thioether (sulfide) groups is 1. The van der Waals surface area contributed by atoms with E-state index in [4.69, 9.17) is 0 Å². The summed E-state index contributed by atoms with van der Waals surface area (Å²) < 4.78 is 0. The molecule has 2 rings (SSSR count). The highest BCUT2D eigenvalue weighted by Crippen LogP contribution is 2.29. The molecule has 100 valence electrons. The topological polar surface area (TPSA) is 3.24 Å². The second kappa shape index (κ2) is 6.63. The molecular formula is C16H25NS. The van der Waals surface area contributed by atoms with Crippen LogP contribution in [-0.4, -0.2) is 30.3 Å². The number of fused-ring (bicyclic) bond motifs is 1. The summed E-state index contributed by atoms with van der Waals surface area (Å²) in [5.41, 5.74) is 3.17. The van der Waals surface area contributed by atoms with Crippen LogP contribution in [-0.2, 0) is 12.8 Å². The summed E-state index contributed by atoms with van der Waals surface area (Å²) in [6.07, 6.45) is 7.20. The maximum absolute atomic E-state index is 2.69. The van der Waals surface area contributed by atoms with Crippen LogP contribution in [0.15, 0.2) is 23.1 Å². The molecule has 2 heteroatoms. The molecule has 1 nitrogen and oxygen atoms in total. The summed E-state index contributed by atoms with van der Waals surface area (Å²) in [4.78, 5) is 4.10. The number of nitrogens with zero attached hydrogens (tertiary/aromatic N) is 1. The highest BCUT2D eigenvalue weighted by Gasteiger charge is 2.25. The van der Waals surface area contributed by atoms with Gasteiger partial charge in [0.1, 0.15) is 0 Å². The van der Waals surface area contributed by atoms with Crippen molar-refractivity contribution in [2.45, 2.75) is 50.5 Å². The zero-order valence-corrected chi connectivity index (χ0v) is 12.7. The minimum Gasteiger partial charge on any atom is -0.300 e. The molecule has 1 aliphatic rings. The molecule has 0 N–H and O–H groups in total. The van der Waals surface area contributed by atoms with Crippen molar-refractivity contribution in [2.75, 3.05) is 19.3 Å². The van der Waals surface area contributed by atoms with E-state index >= 15 is 0 Å². The Kier molecular flexibility index (Phi) is 5.13. The molecule has 0 fully saturated rings. The normalized spacial score (nSPS) is 18.3. The molecule has 0 aliphatic heterocycles. The van der Waals surface area contributed by atoms with E-state index in [9.17, 15) is 0 Å². The third-order valence-electron chi connectivity index (χ3n) is 3.86. The average Bonchev–Trinajstić information content (AvgIpc) is 2.81. The highest BCUT2D eigenvalue weighted by molar-refractivity contribution is 7.98. The Morgan fingerprint density at radius 3 is 2.39 bits per heavy atom. The molecule has 1 aromatic carbocycles. The molecule has 1 aromatic rings. The van der Waals surface area contributed by atoms with Crippen LogP contribution in [0, 0.1) is 0 Å². The average molecular weight is 263 g/mol. The van der Waals surface area contributed by atoms with Gasteiger partial charge in [0.15, 0.2) is 0 Å². The summed E-state index contributed by atoms with van der Waals surface area (Å²) in [5.74, 6) is 0. The monoisotopic (exact) mass is 263 g/mol. The van der Waals surface area contributed by atoms with Gasteiger partial charge in [0.25, 0.3) is 0 Å². The van der Waals surface area contributed by atoms with Crippen LogP contribution in [0.5, 0.6) is 0 Å². The lowest BCUT2D eigenvalue weighted by Crippen LogP contribution is -2.37. The van der Waals surface area contributed by atoms with Crippen LogP contribution >= 0.6 is 11.8 Å². The summed E-state index contributed by atoms with van der Waals surface area (Å²) >= 11 is 1.85. The van der Waals surface area contributed by atoms with E-state index in [-0.39, 0.29) is 0 Å². The van der Waals surface area contributed by atoms with E-state index in [1.807, 2.05) is 11.8 Å². The molecule has 0 saturated carbocycles. The fraction of sp³-hybridized carbons (Fsp3) is 0.625. The molecule has 1 aliphatic carbocycles. The number of hydrogen-bond donors (Lipinski definition) is 0. The van der Waals surface area contributed by atoms with Crippen LogP contribution in [0.3, 0.4) is 0 Å². The van der Waals surface area contributed by atoms with Gasteiger partial charge in [-0.15, -0.1) is 11.8 Å². The predicted octanol–water partition coefficient (Wildman–Crippen LogP) is 4.00. The van der Waals surface area contributed by atoms with Gasteiger partial charge in [-0.05, 0) is 68.3 Å². The van der Waals surface area contributed by atoms with Crippen LogP contribution in [0.4, 0.5) is 0 Å². The highest BCUT2D eigenvalue weighted by atomic mass is 32.2. The fourth-order valence-electron chi connectivity index (χ4n) is 3.01. The Morgan fingerprint density at radius 2 is 1.78 bits per heavy atom. The van der Waals surface area contributed by atoms with Crippen LogP contribution < -0.4 is 0 Å². The van der Waals surface area contributed by atoms with Gasteiger partial charge in [0.05, 0.1) is 0 Å². The molecule has 0 spiro atoms. The predicted molar refractivity (Wildman–Crippen MR) is 81.6 cm³/mol. The van der Waals surface area contributed by atoms with Crippen molar-refractivity contribution in [2.24, 2.45) is 0 Å². The maximum atomic E-state index is 2.69. The van der Waals surface area contributed by atoms with E-state index in [1.54, 1.807) is 11.1 Å². The molecule has 0 aromatic heterocycles. The summed E-state index contributed by atoms with van der Waals surface area (Å²) in [6.45, 7) is 7.08. The fourth-order valence-corrected chi connectivity index (χ4v) is 3.47. The maximum Gasteiger partial charge on any atom is 0.0176 e. The second-order valence-electron chi connectivity index (χ2n) is 5.23. The first-order valence-corrected chi connectivity index (χ1v) is 8.40. The summed E-state index contributed by atoms with van der Waals surface area (Å²) in [7, 11) is 0. The van der Waals surface area contributed by atoms with Crippen LogP contribution in [0.25, 0.3) is 0 Å². The quantitative estimate of drug-likeness (QED) is 0.714. The molecule has 18 heavy (non-hydrogen) atoms. The van der Waals surface area contributed by atoms with Gasteiger partial charge < -0.3 is 0 Å². The molecule has 0 saturated heterocycles. The number of hydrogen-bond acceptors (Lipinski definition) is 2. The lowest BCUT2D eigenvalue weighted by Gasteiger charge is -2.27. The van der Waals surface area contributed by atoms with Gasteiger partial charge in [-0.2, -0.15) is 0 Å². The molecule has 0 heterocycles. The SMILES string of the molecule is CCCN(CCC)C1Cc2ccc(SC)cc2C1. The Balaban J connectivity index is 2.07. The first-order chi connectivity index (χ1) is 8.78. The Hall–Kier alpha value is -0.470. The second-order valence-corrected chi connectivity index (χ2v) is 6.11. The number of rotatable bonds is 6. The minimum absolute atomic E-state index is 0.747. The first kappa shape index (κ1) is 14.0. The standard InChI is InChI=1S/C16H25NS/c1-4-8-17(9-5-2)15-10-13-6-7-16(18-3)12-14(13)11-15/h6-7,12,15H,4-5,8-11H2,1-3H3. The van der Waals surface area contributed by atoms with Crippen molar-refractivity contribution in [3.8, 4) is 0 Å². The first-order valence-electron chi connectivity index (χ1n) is 7.18. The lowest BCUT2D eigenvalue weighted by molar-refractivity contribution is 0.202. The lowest BCUT2D eigenvalue weighted by atomic mass is 10.1. The Morgan fingerprint density at radius 1 is 1.11 bits per heavy atom. The number of benzene rings is 1. The van der Waals surface area contributed by atoms with Crippen molar-refractivity contribution < 1.29 is 0 Å². The molecule has 0 amide bonds. The largest absolute Gasteiger partial charge is 0.300 e. The minimum atomic E-state index is 0.747. The van der Waals surface area contributed by atoms with Gasteiger partial charge in [-0.1, -0.05) is 19.9 Å². The molecular weight excluding hydrogens is 238 g/mol. The zero-order chi connectivity index (χ0) is 13.0. The van der Waals surface area contributed by atoms with Gasteiger partial charge >= 0.3 is 0 Å². The van der Waals surface area contributed by atoms with Gasteiger partial charge in [-0.25, -0.2) is 0 Å². The third-order valence-corrected chi connectivity index (χ3v) is 4.59. The van der Waals surface area contributed by atoms with E-state index in [0.717, 1.165) is 6.04 Å². The smallest absolute Gasteiger partial charge is 0.0176 e. The van der Waals surface area contributed by atoms with E-state index in [1.165, 1.54) is 43.7 Å². The Bertz CT molecular complexity index is 383. The van der Waals surface area contributed by atoms with E-state index < -0.39 is 0 Å². The van der Waals surface area contributed by atoms with Gasteiger partial charge in [0.2, 0.25) is 0 Å². The zero-order valence-electron chi connectivity index (χ0n) is 11.9. The van der Waals surface area contributed by atoms with Gasteiger partial charge in [-0.3, -0.25) is 4.90 Å². The van der Waals surface area contributed by atoms with Crippen molar-refractivity contribution >= 4 is 11.8 Å². The summed E-state index contributed by atoms with van der Waals surface area (Å²) in [6, 6.07) is 7.76. The molecule has 0 bridgehead atoms. The molecule has 1 unspecified atom stereocenters.